The molecule has 28 heavy (non-hydrogen) atoms. The van der Waals surface area contributed by atoms with Crippen molar-refractivity contribution in [2.45, 2.75) is 19.0 Å². The van der Waals surface area contributed by atoms with Crippen molar-refractivity contribution in [2.75, 3.05) is 38.2 Å². The van der Waals surface area contributed by atoms with Gasteiger partial charge in [-0.1, -0.05) is 18.2 Å². The van der Waals surface area contributed by atoms with E-state index in [1.807, 2.05) is 11.0 Å². The van der Waals surface area contributed by atoms with Crippen LogP contribution in [0.1, 0.15) is 23.1 Å². The standard InChI is InChI=1S/C22H23F3N2O/c1-28-19-9-8-16-4-2-7-21(20(16)15-19)27-12-10-26(11-13-27)18-6-3-5-17(14-18)22(23,24)25/h3,5-9,14-15H,2,4,10-13H2,1H3. The second kappa shape index (κ2) is 7.41. The number of piperazine rings is 1. The smallest absolute Gasteiger partial charge is 0.416 e. The van der Waals surface area contributed by atoms with Crippen LogP contribution in [0.2, 0.25) is 0 Å². The number of allylic oxidation sites excluding steroid dienone is 1. The summed E-state index contributed by atoms with van der Waals surface area (Å²) in [5.41, 5.74) is 3.78. The predicted molar refractivity (Wildman–Crippen MR) is 105 cm³/mol. The Labute approximate surface area is 163 Å². The number of aryl methyl sites for hydroxylation is 1. The van der Waals surface area contributed by atoms with Gasteiger partial charge in [-0.3, -0.25) is 0 Å². The van der Waals surface area contributed by atoms with Gasteiger partial charge in [0.1, 0.15) is 5.75 Å². The van der Waals surface area contributed by atoms with E-state index < -0.39 is 11.7 Å². The molecule has 0 N–H and O–H groups in total. The fourth-order valence-electron chi connectivity index (χ4n) is 4.00. The average molecular weight is 388 g/mol. The van der Waals surface area contributed by atoms with E-state index in [0.29, 0.717) is 18.8 Å². The van der Waals surface area contributed by atoms with E-state index in [-0.39, 0.29) is 0 Å². The van der Waals surface area contributed by atoms with Gasteiger partial charge in [-0.25, -0.2) is 0 Å². The molecule has 0 bridgehead atoms. The SMILES string of the molecule is COc1ccc2c(c1)C(N1CCN(c3cccc(C(F)(F)F)c3)CC1)=CCC2. The number of hydrogen-bond acceptors (Lipinski definition) is 3. The van der Waals surface area contributed by atoms with Gasteiger partial charge in [0.25, 0.3) is 0 Å². The van der Waals surface area contributed by atoms with Crippen molar-refractivity contribution in [3.05, 3.63) is 65.2 Å². The van der Waals surface area contributed by atoms with Gasteiger partial charge in [0.05, 0.1) is 12.7 Å². The van der Waals surface area contributed by atoms with E-state index in [1.54, 1.807) is 13.2 Å². The minimum atomic E-state index is -4.31. The third-order valence-electron chi connectivity index (χ3n) is 5.50. The molecule has 0 unspecified atom stereocenters. The van der Waals surface area contributed by atoms with E-state index in [2.05, 4.69) is 23.1 Å². The molecule has 148 valence electrons. The molecular weight excluding hydrogens is 365 g/mol. The molecule has 2 aliphatic rings. The first kappa shape index (κ1) is 18.7. The number of anilines is 1. The van der Waals surface area contributed by atoms with Crippen LogP contribution >= 0.6 is 0 Å². The molecule has 0 amide bonds. The zero-order valence-corrected chi connectivity index (χ0v) is 15.8. The van der Waals surface area contributed by atoms with E-state index in [4.69, 9.17) is 4.74 Å². The topological polar surface area (TPSA) is 15.7 Å². The largest absolute Gasteiger partial charge is 0.497 e. The number of alkyl halides is 3. The summed E-state index contributed by atoms with van der Waals surface area (Å²) < 4.78 is 44.4. The van der Waals surface area contributed by atoms with Crippen molar-refractivity contribution >= 4 is 11.4 Å². The maximum atomic E-state index is 13.0. The highest BCUT2D eigenvalue weighted by Crippen LogP contribution is 2.34. The normalized spacial score (nSPS) is 17.2. The van der Waals surface area contributed by atoms with Gasteiger partial charge in [0.2, 0.25) is 0 Å². The minimum absolute atomic E-state index is 0.594. The second-order valence-corrected chi connectivity index (χ2v) is 7.17. The van der Waals surface area contributed by atoms with Gasteiger partial charge < -0.3 is 14.5 Å². The average Bonchev–Trinajstić information content (AvgIpc) is 2.72. The summed E-state index contributed by atoms with van der Waals surface area (Å²) in [6, 6.07) is 11.8. The van der Waals surface area contributed by atoms with Crippen LogP contribution in [0.15, 0.2) is 48.5 Å². The highest BCUT2D eigenvalue weighted by molar-refractivity contribution is 5.70. The summed E-state index contributed by atoms with van der Waals surface area (Å²) in [6.07, 6.45) is -0.0231. The lowest BCUT2D eigenvalue weighted by molar-refractivity contribution is -0.137. The molecule has 2 aromatic carbocycles. The molecule has 1 aliphatic heterocycles. The van der Waals surface area contributed by atoms with Crippen LogP contribution in [0, 0.1) is 0 Å². The summed E-state index contributed by atoms with van der Waals surface area (Å²) in [4.78, 5) is 4.36. The number of benzene rings is 2. The van der Waals surface area contributed by atoms with Crippen LogP contribution < -0.4 is 9.64 Å². The molecule has 1 saturated heterocycles. The minimum Gasteiger partial charge on any atom is -0.497 e. The van der Waals surface area contributed by atoms with Crippen molar-refractivity contribution in [1.82, 2.24) is 4.90 Å². The Morgan fingerprint density at radius 3 is 2.39 bits per heavy atom. The van der Waals surface area contributed by atoms with Gasteiger partial charge >= 0.3 is 6.18 Å². The molecule has 0 atom stereocenters. The highest BCUT2D eigenvalue weighted by atomic mass is 19.4. The summed E-state index contributed by atoms with van der Waals surface area (Å²) in [5.74, 6) is 0.842. The fourth-order valence-corrected chi connectivity index (χ4v) is 4.00. The number of ether oxygens (including phenoxy) is 1. The van der Waals surface area contributed by atoms with E-state index >= 15 is 0 Å². The maximum absolute atomic E-state index is 13.0. The summed E-state index contributed by atoms with van der Waals surface area (Å²) >= 11 is 0. The van der Waals surface area contributed by atoms with E-state index in [9.17, 15) is 13.2 Å². The lowest BCUT2D eigenvalue weighted by Gasteiger charge is -2.40. The first-order valence-corrected chi connectivity index (χ1v) is 9.50. The van der Waals surface area contributed by atoms with Crippen LogP contribution in [0.5, 0.6) is 5.75 Å². The molecule has 1 fully saturated rings. The quantitative estimate of drug-likeness (QED) is 0.750. The zero-order valence-electron chi connectivity index (χ0n) is 15.8. The number of fused-ring (bicyclic) bond motifs is 1. The van der Waals surface area contributed by atoms with Crippen LogP contribution in [0.3, 0.4) is 0 Å². The second-order valence-electron chi connectivity index (χ2n) is 7.17. The van der Waals surface area contributed by atoms with Gasteiger partial charge in [-0.15, -0.1) is 0 Å². The highest BCUT2D eigenvalue weighted by Gasteiger charge is 2.31. The Bertz CT molecular complexity index is 884. The Morgan fingerprint density at radius 2 is 1.68 bits per heavy atom. The molecule has 2 aromatic rings. The third kappa shape index (κ3) is 3.68. The van der Waals surface area contributed by atoms with Crippen molar-refractivity contribution in [2.24, 2.45) is 0 Å². The first-order chi connectivity index (χ1) is 13.5. The Hall–Kier alpha value is -2.63. The summed E-state index contributed by atoms with van der Waals surface area (Å²) in [5, 5.41) is 0. The molecular formula is C22H23F3N2O. The van der Waals surface area contributed by atoms with Crippen LogP contribution in [0.4, 0.5) is 18.9 Å². The first-order valence-electron chi connectivity index (χ1n) is 9.50. The lowest BCUT2D eigenvalue weighted by atomic mass is 9.93. The Morgan fingerprint density at radius 1 is 0.929 bits per heavy atom. The number of methoxy groups -OCH3 is 1. The van der Waals surface area contributed by atoms with Gasteiger partial charge in [0, 0.05) is 43.1 Å². The molecule has 1 heterocycles. The number of halogens is 3. The van der Waals surface area contributed by atoms with Gasteiger partial charge in [-0.2, -0.15) is 13.2 Å². The van der Waals surface area contributed by atoms with Crippen molar-refractivity contribution in [3.63, 3.8) is 0 Å². The number of hydrogen-bond donors (Lipinski definition) is 0. The number of rotatable bonds is 3. The van der Waals surface area contributed by atoms with Crippen LogP contribution in [-0.4, -0.2) is 38.2 Å². The van der Waals surface area contributed by atoms with Crippen LogP contribution in [0.25, 0.3) is 5.70 Å². The summed E-state index contributed by atoms with van der Waals surface area (Å²) in [7, 11) is 1.67. The number of nitrogens with zero attached hydrogens (tertiary/aromatic N) is 2. The Balaban J connectivity index is 1.49. The van der Waals surface area contributed by atoms with E-state index in [1.165, 1.54) is 29.0 Å². The Kier molecular flexibility index (Phi) is 4.96. The zero-order chi connectivity index (χ0) is 19.7. The van der Waals surface area contributed by atoms with Crippen molar-refractivity contribution in [1.29, 1.82) is 0 Å². The van der Waals surface area contributed by atoms with Gasteiger partial charge in [-0.05, 0) is 48.7 Å². The molecule has 1 aliphatic carbocycles. The monoisotopic (exact) mass is 388 g/mol. The molecule has 3 nitrogen and oxygen atoms in total. The molecule has 4 rings (SSSR count). The fraction of sp³-hybridized carbons (Fsp3) is 0.364. The predicted octanol–water partition coefficient (Wildman–Crippen LogP) is 4.82. The van der Waals surface area contributed by atoms with Gasteiger partial charge in [0.15, 0.2) is 0 Å². The summed E-state index contributed by atoms with van der Waals surface area (Å²) in [6.45, 7) is 2.94. The molecule has 6 heteroatoms. The molecule has 0 aromatic heterocycles. The molecule has 0 radical (unpaired) electrons. The molecule has 0 spiro atoms. The lowest BCUT2D eigenvalue weighted by Crippen LogP contribution is -2.45. The van der Waals surface area contributed by atoms with Crippen molar-refractivity contribution < 1.29 is 17.9 Å². The van der Waals surface area contributed by atoms with Crippen molar-refractivity contribution in [3.8, 4) is 5.75 Å². The third-order valence-corrected chi connectivity index (χ3v) is 5.50. The van der Waals surface area contributed by atoms with E-state index in [0.717, 1.165) is 37.7 Å². The maximum Gasteiger partial charge on any atom is 0.416 e. The molecule has 0 saturated carbocycles. The van der Waals surface area contributed by atoms with Crippen LogP contribution in [-0.2, 0) is 12.6 Å².